The van der Waals surface area contributed by atoms with Gasteiger partial charge >= 0.3 is 0 Å². The van der Waals surface area contributed by atoms with Crippen LogP contribution in [-0.2, 0) is 6.61 Å². The molecule has 1 heterocycles. The first-order chi connectivity index (χ1) is 6.81. The van der Waals surface area contributed by atoms with E-state index in [-0.39, 0.29) is 18.5 Å². The van der Waals surface area contributed by atoms with Crippen molar-refractivity contribution in [1.29, 1.82) is 0 Å². The first-order valence-corrected chi connectivity index (χ1v) is 4.94. The van der Waals surface area contributed by atoms with Crippen molar-refractivity contribution in [3.8, 4) is 0 Å². The van der Waals surface area contributed by atoms with Crippen LogP contribution in [0.2, 0.25) is 0 Å². The highest BCUT2D eigenvalue weighted by molar-refractivity contribution is 5.30. The molecule has 0 aromatic heterocycles. The Morgan fingerprint density at radius 1 is 1.50 bits per heavy atom. The lowest BCUT2D eigenvalue weighted by Gasteiger charge is -2.14. The van der Waals surface area contributed by atoms with Gasteiger partial charge in [0.2, 0.25) is 0 Å². The van der Waals surface area contributed by atoms with Gasteiger partial charge in [0.25, 0.3) is 0 Å². The molecular weight excluding hydrogens is 181 g/mol. The average molecular weight is 195 g/mol. The number of benzene rings is 1. The molecule has 1 saturated heterocycles. The molecule has 1 fully saturated rings. The molecule has 1 aromatic carbocycles. The first-order valence-electron chi connectivity index (χ1n) is 4.94. The zero-order valence-corrected chi connectivity index (χ0v) is 7.96. The lowest BCUT2D eigenvalue weighted by Crippen LogP contribution is -2.15. The van der Waals surface area contributed by atoms with Gasteiger partial charge in [0.15, 0.2) is 0 Å². The van der Waals surface area contributed by atoms with Gasteiger partial charge in [-0.1, -0.05) is 6.07 Å². The molecule has 1 aromatic rings. The number of aliphatic hydroxyl groups is 1. The fourth-order valence-electron chi connectivity index (χ4n) is 1.98. The van der Waals surface area contributed by atoms with Crippen molar-refractivity contribution in [3.63, 3.8) is 0 Å². The van der Waals surface area contributed by atoms with Gasteiger partial charge in [-0.05, 0) is 42.6 Å². The fraction of sp³-hybridized carbons (Fsp3) is 0.455. The Labute approximate surface area is 82.8 Å². The molecule has 1 unspecified atom stereocenters. The van der Waals surface area contributed by atoms with Crippen LogP contribution in [0.1, 0.15) is 30.0 Å². The van der Waals surface area contributed by atoms with Gasteiger partial charge in [-0.25, -0.2) is 4.39 Å². The van der Waals surface area contributed by atoms with Crippen molar-refractivity contribution in [1.82, 2.24) is 5.32 Å². The molecule has 14 heavy (non-hydrogen) atoms. The highest BCUT2D eigenvalue weighted by Crippen LogP contribution is 2.26. The van der Waals surface area contributed by atoms with E-state index >= 15 is 0 Å². The summed E-state index contributed by atoms with van der Waals surface area (Å²) in [5.74, 6) is -0.231. The van der Waals surface area contributed by atoms with Crippen LogP contribution < -0.4 is 5.32 Å². The number of halogens is 1. The third-order valence-electron chi connectivity index (χ3n) is 2.71. The van der Waals surface area contributed by atoms with Gasteiger partial charge in [-0.15, -0.1) is 0 Å². The van der Waals surface area contributed by atoms with E-state index in [2.05, 4.69) is 5.32 Å². The summed E-state index contributed by atoms with van der Waals surface area (Å²) in [5.41, 5.74) is 1.73. The topological polar surface area (TPSA) is 32.3 Å². The van der Waals surface area contributed by atoms with E-state index in [9.17, 15) is 4.39 Å². The van der Waals surface area contributed by atoms with Crippen molar-refractivity contribution >= 4 is 0 Å². The van der Waals surface area contributed by atoms with Crippen molar-refractivity contribution < 1.29 is 9.50 Å². The third-order valence-corrected chi connectivity index (χ3v) is 2.71. The quantitative estimate of drug-likeness (QED) is 0.753. The zero-order chi connectivity index (χ0) is 9.97. The van der Waals surface area contributed by atoms with E-state index in [0.717, 1.165) is 30.5 Å². The normalized spacial score (nSPS) is 21.4. The Hall–Kier alpha value is -0.930. The van der Waals surface area contributed by atoms with Crippen molar-refractivity contribution in [2.75, 3.05) is 6.54 Å². The van der Waals surface area contributed by atoms with E-state index in [0.29, 0.717) is 0 Å². The predicted octanol–water partition coefficient (Wildman–Crippen LogP) is 1.74. The molecule has 1 aliphatic rings. The van der Waals surface area contributed by atoms with Gasteiger partial charge in [0, 0.05) is 6.04 Å². The van der Waals surface area contributed by atoms with E-state index < -0.39 is 0 Å². The Kier molecular flexibility index (Phi) is 2.79. The predicted molar refractivity (Wildman–Crippen MR) is 52.3 cm³/mol. The largest absolute Gasteiger partial charge is 0.392 e. The molecule has 1 aliphatic heterocycles. The van der Waals surface area contributed by atoms with Crippen LogP contribution >= 0.6 is 0 Å². The molecular formula is C11H14FNO. The van der Waals surface area contributed by atoms with Crippen LogP contribution in [0.15, 0.2) is 18.2 Å². The van der Waals surface area contributed by atoms with Crippen molar-refractivity contribution in [2.45, 2.75) is 25.5 Å². The van der Waals surface area contributed by atoms with Crippen LogP contribution in [0.4, 0.5) is 4.39 Å². The first kappa shape index (κ1) is 9.62. The van der Waals surface area contributed by atoms with Crippen molar-refractivity contribution in [2.24, 2.45) is 0 Å². The number of aliphatic hydroxyl groups excluding tert-OH is 1. The van der Waals surface area contributed by atoms with Crippen molar-refractivity contribution in [3.05, 3.63) is 35.1 Å². The third kappa shape index (κ3) is 1.79. The summed E-state index contributed by atoms with van der Waals surface area (Å²) in [5, 5.41) is 12.4. The monoisotopic (exact) mass is 195 g/mol. The standard InChI is InChI=1S/C11H14FNO/c12-9-4-3-8(7-14)10(6-9)11-2-1-5-13-11/h3-4,6,11,13-14H,1-2,5,7H2. The minimum Gasteiger partial charge on any atom is -0.392 e. The molecule has 76 valence electrons. The molecule has 0 saturated carbocycles. The fourth-order valence-corrected chi connectivity index (χ4v) is 1.98. The Balaban J connectivity index is 2.33. The molecule has 0 spiro atoms. The highest BCUT2D eigenvalue weighted by atomic mass is 19.1. The molecule has 0 aliphatic carbocycles. The van der Waals surface area contributed by atoms with Crippen LogP contribution in [-0.4, -0.2) is 11.7 Å². The van der Waals surface area contributed by atoms with Gasteiger partial charge in [0.05, 0.1) is 6.61 Å². The number of hydrogen-bond acceptors (Lipinski definition) is 2. The minimum absolute atomic E-state index is 0.0200. The molecule has 0 radical (unpaired) electrons. The van der Waals surface area contributed by atoms with Gasteiger partial charge < -0.3 is 10.4 Å². The Morgan fingerprint density at radius 3 is 3.00 bits per heavy atom. The summed E-state index contributed by atoms with van der Waals surface area (Å²) < 4.78 is 13.0. The molecule has 0 amide bonds. The summed E-state index contributed by atoms with van der Waals surface area (Å²) >= 11 is 0. The second-order valence-electron chi connectivity index (χ2n) is 3.65. The molecule has 3 heteroatoms. The Bertz CT molecular complexity index is 321. The summed E-state index contributed by atoms with van der Waals surface area (Å²) in [7, 11) is 0. The summed E-state index contributed by atoms with van der Waals surface area (Å²) in [6.45, 7) is 0.958. The van der Waals surface area contributed by atoms with E-state index in [1.54, 1.807) is 6.07 Å². The lowest BCUT2D eigenvalue weighted by atomic mass is 9.99. The average Bonchev–Trinajstić information content (AvgIpc) is 2.70. The number of hydrogen-bond donors (Lipinski definition) is 2. The molecule has 2 rings (SSSR count). The van der Waals surface area contributed by atoms with E-state index in [4.69, 9.17) is 5.11 Å². The van der Waals surface area contributed by atoms with Crippen LogP contribution in [0.5, 0.6) is 0 Å². The van der Waals surface area contributed by atoms with Gasteiger partial charge in [-0.2, -0.15) is 0 Å². The SMILES string of the molecule is OCc1ccc(F)cc1C1CCCN1. The molecule has 0 bridgehead atoms. The van der Waals surface area contributed by atoms with Crippen LogP contribution in [0.3, 0.4) is 0 Å². The lowest BCUT2D eigenvalue weighted by molar-refractivity contribution is 0.279. The molecule has 2 N–H and O–H groups in total. The van der Waals surface area contributed by atoms with Gasteiger partial charge in [-0.3, -0.25) is 0 Å². The van der Waals surface area contributed by atoms with E-state index in [1.165, 1.54) is 12.1 Å². The molecule has 1 atom stereocenters. The zero-order valence-electron chi connectivity index (χ0n) is 7.96. The maximum atomic E-state index is 13.0. The van der Waals surface area contributed by atoms with Crippen LogP contribution in [0.25, 0.3) is 0 Å². The number of nitrogens with one attached hydrogen (secondary N) is 1. The number of rotatable bonds is 2. The van der Waals surface area contributed by atoms with Gasteiger partial charge in [0.1, 0.15) is 5.82 Å². The highest BCUT2D eigenvalue weighted by Gasteiger charge is 2.19. The summed E-state index contributed by atoms with van der Waals surface area (Å²) in [6.07, 6.45) is 2.14. The van der Waals surface area contributed by atoms with Crippen LogP contribution in [0, 0.1) is 5.82 Å². The summed E-state index contributed by atoms with van der Waals surface area (Å²) in [4.78, 5) is 0. The maximum Gasteiger partial charge on any atom is 0.123 e. The summed E-state index contributed by atoms with van der Waals surface area (Å²) in [6, 6.07) is 4.79. The van der Waals surface area contributed by atoms with E-state index in [1.807, 2.05) is 0 Å². The molecule has 2 nitrogen and oxygen atoms in total. The maximum absolute atomic E-state index is 13.0. The smallest absolute Gasteiger partial charge is 0.123 e. The minimum atomic E-state index is -0.231. The second-order valence-corrected chi connectivity index (χ2v) is 3.65. The second kappa shape index (κ2) is 4.07. The Morgan fingerprint density at radius 2 is 2.36 bits per heavy atom.